The van der Waals surface area contributed by atoms with Crippen molar-refractivity contribution in [3.8, 4) is 22.3 Å². The number of ether oxygens (including phenoxy) is 3. The van der Waals surface area contributed by atoms with Gasteiger partial charge in [0.2, 0.25) is 5.91 Å². The van der Waals surface area contributed by atoms with Gasteiger partial charge in [-0.15, -0.1) is 0 Å². The average molecular weight is 707 g/mol. The van der Waals surface area contributed by atoms with E-state index in [4.69, 9.17) is 24.2 Å². The van der Waals surface area contributed by atoms with Crippen molar-refractivity contribution >= 4 is 28.2 Å². The first-order chi connectivity index (χ1) is 24.5. The van der Waals surface area contributed by atoms with Crippen LogP contribution in [0.1, 0.15) is 97.9 Å². The third-order valence-corrected chi connectivity index (χ3v) is 10.5. The smallest absolute Gasteiger partial charge is 0.410 e. The molecule has 3 atom stereocenters. The van der Waals surface area contributed by atoms with Crippen molar-refractivity contribution in [3.05, 3.63) is 72.3 Å². The van der Waals surface area contributed by atoms with E-state index in [-0.39, 0.29) is 23.8 Å². The van der Waals surface area contributed by atoms with Gasteiger partial charge < -0.3 is 23.3 Å². The number of fused-ring (bicyclic) bond motifs is 2. The summed E-state index contributed by atoms with van der Waals surface area (Å²) in [5.74, 6) is 1.07. The van der Waals surface area contributed by atoms with E-state index >= 15 is 0 Å². The fourth-order valence-electron chi connectivity index (χ4n) is 8.11. The molecule has 0 radical (unpaired) electrons. The fraction of sp³-hybridized carbons (Fsp3) is 0.500. The molecule has 2 aliphatic rings. The van der Waals surface area contributed by atoms with E-state index in [2.05, 4.69) is 103 Å². The second kappa shape index (κ2) is 13.3. The molecular formula is C42H54N6O4. The van der Waals surface area contributed by atoms with Crippen molar-refractivity contribution in [2.24, 2.45) is 14.1 Å². The molecule has 276 valence electrons. The molecule has 1 amide bonds. The summed E-state index contributed by atoms with van der Waals surface area (Å²) in [6.07, 6.45) is 3.58. The third-order valence-electron chi connectivity index (χ3n) is 10.5. The van der Waals surface area contributed by atoms with Crippen molar-refractivity contribution in [1.29, 1.82) is 0 Å². The van der Waals surface area contributed by atoms with Crippen LogP contribution in [0, 0.1) is 0 Å². The van der Waals surface area contributed by atoms with Crippen LogP contribution in [0.5, 0.6) is 0 Å². The maximum atomic E-state index is 13.0. The maximum absolute atomic E-state index is 13.0. The Hall–Kier alpha value is -4.25. The Balaban J connectivity index is 1.13. The molecule has 2 aliphatic heterocycles. The molecule has 7 rings (SSSR count). The number of likely N-dealkylation sites (tertiary alicyclic amines) is 2. The predicted octanol–water partition coefficient (Wildman–Crippen LogP) is 9.14. The minimum atomic E-state index is -0.854. The van der Waals surface area contributed by atoms with Crippen LogP contribution in [-0.4, -0.2) is 72.3 Å². The highest BCUT2D eigenvalue weighted by molar-refractivity contribution is 5.85. The molecule has 0 bridgehead atoms. The molecular weight excluding hydrogens is 652 g/mol. The van der Waals surface area contributed by atoms with E-state index in [0.717, 1.165) is 88.2 Å². The number of carbonyl (C=O) groups excluding carboxylic acids is 1. The third kappa shape index (κ3) is 6.84. The minimum absolute atomic E-state index is 0.0855. The Morgan fingerprint density at radius 1 is 0.673 bits per heavy atom. The Kier molecular flexibility index (Phi) is 9.24. The highest BCUT2D eigenvalue weighted by atomic mass is 16.7. The molecule has 0 saturated carbocycles. The first kappa shape index (κ1) is 36.1. The SMILES string of the molecule is COC(C)(OC(C)(C)C)N1CCC[C@H]1c1nc2ccc(-c3ccc(-c4ccc5nc([C@@H]6CCCN6C(=O)OC(C)(C)C)n(C)c5c4)cc3)cc2n1C. The summed E-state index contributed by atoms with van der Waals surface area (Å²) in [7, 11) is 5.88. The van der Waals surface area contributed by atoms with Crippen molar-refractivity contribution in [2.75, 3.05) is 20.2 Å². The van der Waals surface area contributed by atoms with Crippen molar-refractivity contribution < 1.29 is 19.0 Å². The summed E-state index contributed by atoms with van der Waals surface area (Å²) >= 11 is 0. The van der Waals surface area contributed by atoms with Crippen LogP contribution in [0.3, 0.4) is 0 Å². The van der Waals surface area contributed by atoms with E-state index in [9.17, 15) is 4.79 Å². The summed E-state index contributed by atoms with van der Waals surface area (Å²) in [6.45, 7) is 15.5. The number of carbonyl (C=O) groups is 1. The van der Waals surface area contributed by atoms with E-state index in [1.54, 1.807) is 7.11 Å². The van der Waals surface area contributed by atoms with Gasteiger partial charge in [0.05, 0.1) is 39.8 Å². The summed E-state index contributed by atoms with van der Waals surface area (Å²) in [6, 6.07) is 21.7. The first-order valence-electron chi connectivity index (χ1n) is 18.6. The van der Waals surface area contributed by atoms with Gasteiger partial charge in [-0.3, -0.25) is 4.90 Å². The number of aromatic nitrogens is 4. The fourth-order valence-corrected chi connectivity index (χ4v) is 8.11. The van der Waals surface area contributed by atoms with Gasteiger partial charge in [0.15, 0.2) is 0 Å². The highest BCUT2D eigenvalue weighted by Gasteiger charge is 2.45. The monoisotopic (exact) mass is 706 g/mol. The lowest BCUT2D eigenvalue weighted by Gasteiger charge is -2.43. The maximum Gasteiger partial charge on any atom is 0.410 e. The number of aryl methyl sites for hydroxylation is 2. The molecule has 10 nitrogen and oxygen atoms in total. The van der Waals surface area contributed by atoms with E-state index in [1.165, 1.54) is 0 Å². The van der Waals surface area contributed by atoms with Crippen molar-refractivity contribution in [1.82, 2.24) is 28.9 Å². The summed E-state index contributed by atoms with van der Waals surface area (Å²) in [4.78, 5) is 27.3. The number of nitrogens with zero attached hydrogens (tertiary/aromatic N) is 6. The Bertz CT molecular complexity index is 2100. The molecule has 5 aromatic rings. The van der Waals surface area contributed by atoms with Crippen LogP contribution in [-0.2, 0) is 28.3 Å². The van der Waals surface area contributed by atoms with Gasteiger partial charge in [-0.05, 0) is 114 Å². The van der Waals surface area contributed by atoms with Crippen LogP contribution in [0.2, 0.25) is 0 Å². The van der Waals surface area contributed by atoms with Crippen LogP contribution >= 0.6 is 0 Å². The standard InChI is InChI=1S/C42H54N6O4/c1-40(2,3)51-39(49)47-23-11-13-33(47)37-43-31-21-19-29(25-35(31)45(37)8)27-15-17-28(18-16-27)30-20-22-32-36(26-30)46(9)38(44-32)34-14-12-24-48(34)42(7,50-10)52-41(4,5)6/h15-22,25-26,33-34H,11-14,23-24H2,1-10H3/t33-,34-,42?/m0/s1. The zero-order chi connectivity index (χ0) is 37.2. The molecule has 3 aromatic carbocycles. The largest absolute Gasteiger partial charge is 0.444 e. The van der Waals surface area contributed by atoms with E-state index < -0.39 is 11.5 Å². The summed E-state index contributed by atoms with van der Waals surface area (Å²) in [5.41, 5.74) is 7.70. The lowest BCUT2D eigenvalue weighted by atomic mass is 10.00. The van der Waals surface area contributed by atoms with Gasteiger partial charge >= 0.3 is 6.09 Å². The van der Waals surface area contributed by atoms with Gasteiger partial charge in [0.1, 0.15) is 17.2 Å². The lowest BCUT2D eigenvalue weighted by molar-refractivity contribution is -0.333. The molecule has 2 saturated heterocycles. The molecule has 0 N–H and O–H groups in total. The Labute approximate surface area is 307 Å². The van der Waals surface area contributed by atoms with Gasteiger partial charge in [-0.1, -0.05) is 36.4 Å². The average Bonchev–Trinajstić information content (AvgIpc) is 3.89. The van der Waals surface area contributed by atoms with Crippen molar-refractivity contribution in [3.63, 3.8) is 0 Å². The van der Waals surface area contributed by atoms with Crippen LogP contribution in [0.4, 0.5) is 4.79 Å². The van der Waals surface area contributed by atoms with Crippen molar-refractivity contribution in [2.45, 2.75) is 103 Å². The molecule has 4 heterocycles. The predicted molar refractivity (Wildman–Crippen MR) is 206 cm³/mol. The number of amides is 1. The lowest BCUT2D eigenvalue weighted by Crippen LogP contribution is -2.53. The quantitative estimate of drug-likeness (QED) is 0.156. The van der Waals surface area contributed by atoms with Crippen LogP contribution in [0.15, 0.2) is 60.7 Å². The number of methoxy groups -OCH3 is 1. The Morgan fingerprint density at radius 2 is 1.15 bits per heavy atom. The summed E-state index contributed by atoms with van der Waals surface area (Å²) < 4.78 is 22.6. The molecule has 2 fully saturated rings. The normalized spacial score (nSPS) is 19.9. The van der Waals surface area contributed by atoms with E-state index in [1.807, 2.05) is 39.6 Å². The topological polar surface area (TPSA) is 86.9 Å². The molecule has 2 aromatic heterocycles. The number of rotatable bonds is 7. The second-order valence-electron chi connectivity index (χ2n) is 16.5. The molecule has 1 unspecified atom stereocenters. The van der Waals surface area contributed by atoms with Gasteiger partial charge in [0.25, 0.3) is 0 Å². The zero-order valence-electron chi connectivity index (χ0n) is 32.5. The summed E-state index contributed by atoms with van der Waals surface area (Å²) in [5, 5.41) is 0. The van der Waals surface area contributed by atoms with Crippen LogP contribution < -0.4 is 0 Å². The van der Waals surface area contributed by atoms with Gasteiger partial charge in [0, 0.05) is 41.2 Å². The van der Waals surface area contributed by atoms with Gasteiger partial charge in [-0.2, -0.15) is 0 Å². The van der Waals surface area contributed by atoms with E-state index in [0.29, 0.717) is 6.54 Å². The zero-order valence-corrected chi connectivity index (χ0v) is 32.5. The highest BCUT2D eigenvalue weighted by Crippen LogP contribution is 2.41. The van der Waals surface area contributed by atoms with Crippen LogP contribution in [0.25, 0.3) is 44.3 Å². The number of imidazole rings is 2. The number of hydrogen-bond acceptors (Lipinski definition) is 7. The number of benzene rings is 3. The van der Waals surface area contributed by atoms with Gasteiger partial charge in [-0.25, -0.2) is 19.7 Å². The Morgan fingerprint density at radius 3 is 1.65 bits per heavy atom. The molecule has 52 heavy (non-hydrogen) atoms. The molecule has 10 heteroatoms. The first-order valence-corrected chi connectivity index (χ1v) is 18.6. The minimum Gasteiger partial charge on any atom is -0.444 e. The molecule has 0 spiro atoms. The molecule has 0 aliphatic carbocycles. The number of hydrogen-bond donors (Lipinski definition) is 0. The second-order valence-corrected chi connectivity index (χ2v) is 16.5.